The van der Waals surface area contributed by atoms with Gasteiger partial charge in [-0.3, -0.25) is 4.79 Å². The molecule has 0 aliphatic carbocycles. The van der Waals surface area contributed by atoms with E-state index in [1.807, 2.05) is 18.2 Å². The molecule has 7 heteroatoms. The van der Waals surface area contributed by atoms with E-state index >= 15 is 0 Å². The van der Waals surface area contributed by atoms with Crippen molar-refractivity contribution in [1.29, 1.82) is 0 Å². The Morgan fingerprint density at radius 2 is 1.96 bits per heavy atom. The minimum Gasteiger partial charge on any atom is -0.320 e. The molecule has 0 fully saturated rings. The molecular weight excluding hydrogens is 332 g/mol. The number of carbonyl (C=O) groups is 1. The molecule has 1 amide bonds. The first-order valence-corrected chi connectivity index (χ1v) is 8.04. The van der Waals surface area contributed by atoms with Crippen LogP contribution in [-0.4, -0.2) is 23.4 Å². The predicted molar refractivity (Wildman–Crippen MR) is 91.1 cm³/mol. The Morgan fingerprint density at radius 1 is 1.25 bits per heavy atom. The summed E-state index contributed by atoms with van der Waals surface area (Å²) in [5.74, 6) is -1.70. The molecule has 24 heavy (non-hydrogen) atoms. The van der Waals surface area contributed by atoms with Gasteiger partial charge in [0.1, 0.15) is 11.6 Å². The lowest BCUT2D eigenvalue weighted by atomic mass is 10.0. The number of hydrogen-bond donors (Lipinski definition) is 1. The number of halogens is 2. The zero-order chi connectivity index (χ0) is 17.3. The van der Waals surface area contributed by atoms with Gasteiger partial charge in [-0.2, -0.15) is 4.37 Å². The average molecular weight is 347 g/mol. The number of nitrogens with two attached hydrogens (primary N) is 1. The molecule has 2 N–H and O–H groups in total. The van der Waals surface area contributed by atoms with E-state index in [9.17, 15) is 13.6 Å². The fourth-order valence-corrected chi connectivity index (χ4v) is 3.14. The van der Waals surface area contributed by atoms with Crippen LogP contribution < -0.4 is 10.6 Å². The van der Waals surface area contributed by atoms with Crippen LogP contribution in [0, 0.1) is 11.6 Å². The molecule has 0 radical (unpaired) electrons. The lowest BCUT2D eigenvalue weighted by Crippen LogP contribution is -2.43. The summed E-state index contributed by atoms with van der Waals surface area (Å²) in [6, 6.07) is 7.80. The number of nitrogens with zero attached hydrogens (tertiary/aromatic N) is 2. The van der Waals surface area contributed by atoms with Gasteiger partial charge in [0.15, 0.2) is 0 Å². The number of aromatic nitrogens is 1. The maximum absolute atomic E-state index is 13.2. The number of carbonyl (C=O) groups excluding carboxylic acids is 1. The summed E-state index contributed by atoms with van der Waals surface area (Å²) >= 11 is 1.38. The third-order valence-corrected chi connectivity index (χ3v) is 4.53. The summed E-state index contributed by atoms with van der Waals surface area (Å²) in [5.41, 5.74) is 6.97. The van der Waals surface area contributed by atoms with Gasteiger partial charge >= 0.3 is 0 Å². The molecule has 2 aromatic carbocycles. The lowest BCUT2D eigenvalue weighted by molar-refractivity contribution is -0.119. The van der Waals surface area contributed by atoms with Gasteiger partial charge in [-0.1, -0.05) is 0 Å². The Bertz CT molecular complexity index is 876. The second-order valence-electron chi connectivity index (χ2n) is 5.53. The first-order chi connectivity index (χ1) is 11.4. The summed E-state index contributed by atoms with van der Waals surface area (Å²) in [7, 11) is 1.62. The van der Waals surface area contributed by atoms with Crippen molar-refractivity contribution in [3.05, 3.63) is 59.8 Å². The van der Waals surface area contributed by atoms with Crippen molar-refractivity contribution >= 4 is 33.2 Å². The van der Waals surface area contributed by atoms with Crippen LogP contribution in [0.2, 0.25) is 0 Å². The minimum absolute atomic E-state index is 0.0557. The van der Waals surface area contributed by atoms with Gasteiger partial charge in [-0.25, -0.2) is 8.78 Å². The molecule has 0 aliphatic heterocycles. The summed E-state index contributed by atoms with van der Waals surface area (Å²) in [6.07, 6.45) is 1.79. The van der Waals surface area contributed by atoms with Crippen molar-refractivity contribution in [2.75, 3.05) is 11.9 Å². The third kappa shape index (κ3) is 3.42. The molecule has 1 heterocycles. The summed E-state index contributed by atoms with van der Waals surface area (Å²) in [5, 5.41) is 0.943. The monoisotopic (exact) mass is 347 g/mol. The molecule has 0 saturated heterocycles. The van der Waals surface area contributed by atoms with Crippen LogP contribution in [0.25, 0.3) is 10.1 Å². The van der Waals surface area contributed by atoms with Crippen molar-refractivity contribution in [3.63, 3.8) is 0 Å². The summed E-state index contributed by atoms with van der Waals surface area (Å²) in [6.45, 7) is 0. The number of likely N-dealkylation sites (N-methyl/N-ethyl adjacent to an activating group) is 1. The van der Waals surface area contributed by atoms with Crippen LogP contribution in [0.3, 0.4) is 0 Å². The van der Waals surface area contributed by atoms with Crippen LogP contribution in [-0.2, 0) is 11.2 Å². The highest BCUT2D eigenvalue weighted by atomic mass is 32.1. The number of hydrogen-bond acceptors (Lipinski definition) is 4. The van der Waals surface area contributed by atoms with Crippen LogP contribution in [0.5, 0.6) is 0 Å². The smallest absolute Gasteiger partial charge is 0.243 e. The Morgan fingerprint density at radius 3 is 2.67 bits per heavy atom. The number of amides is 1. The molecule has 1 aromatic heterocycles. The van der Waals surface area contributed by atoms with Gasteiger partial charge in [0.25, 0.3) is 0 Å². The normalized spacial score (nSPS) is 12.3. The van der Waals surface area contributed by atoms with E-state index < -0.39 is 17.7 Å². The first-order valence-electron chi connectivity index (χ1n) is 7.26. The Hall–Kier alpha value is -2.38. The van der Waals surface area contributed by atoms with Crippen molar-refractivity contribution in [2.24, 2.45) is 5.73 Å². The number of rotatable bonds is 4. The second-order valence-corrected chi connectivity index (χ2v) is 6.37. The van der Waals surface area contributed by atoms with Crippen LogP contribution in [0.4, 0.5) is 14.5 Å². The van der Waals surface area contributed by atoms with Gasteiger partial charge in [0.2, 0.25) is 5.91 Å². The SMILES string of the molecule is CN(C(=O)C(N)Cc1cc(F)cc(F)c1)c1ccc2sncc2c1. The molecule has 3 aromatic rings. The van der Waals surface area contributed by atoms with E-state index in [1.165, 1.54) is 28.6 Å². The zero-order valence-corrected chi connectivity index (χ0v) is 13.7. The largest absolute Gasteiger partial charge is 0.320 e. The molecule has 124 valence electrons. The average Bonchev–Trinajstić information content (AvgIpc) is 2.99. The summed E-state index contributed by atoms with van der Waals surface area (Å²) in [4.78, 5) is 13.9. The van der Waals surface area contributed by atoms with Gasteiger partial charge in [-0.05, 0) is 53.8 Å². The predicted octanol–water partition coefficient (Wildman–Crippen LogP) is 3.11. The quantitative estimate of drug-likeness (QED) is 0.789. The highest BCUT2D eigenvalue weighted by Crippen LogP contribution is 2.24. The van der Waals surface area contributed by atoms with Crippen LogP contribution in [0.1, 0.15) is 5.56 Å². The van der Waals surface area contributed by atoms with E-state index in [1.54, 1.807) is 13.2 Å². The molecule has 4 nitrogen and oxygen atoms in total. The molecule has 0 spiro atoms. The van der Waals surface area contributed by atoms with Crippen molar-refractivity contribution < 1.29 is 13.6 Å². The number of benzene rings is 2. The van der Waals surface area contributed by atoms with Crippen molar-refractivity contribution in [1.82, 2.24) is 4.37 Å². The highest BCUT2D eigenvalue weighted by Gasteiger charge is 2.20. The van der Waals surface area contributed by atoms with Crippen molar-refractivity contribution in [3.8, 4) is 0 Å². The maximum Gasteiger partial charge on any atom is 0.243 e. The number of anilines is 1. The Kier molecular flexibility index (Phi) is 4.55. The van der Waals surface area contributed by atoms with Crippen LogP contribution >= 0.6 is 11.5 Å². The maximum atomic E-state index is 13.2. The van der Waals surface area contributed by atoms with E-state index in [-0.39, 0.29) is 12.3 Å². The van der Waals surface area contributed by atoms with Gasteiger partial charge in [0.05, 0.1) is 10.7 Å². The van der Waals surface area contributed by atoms with Gasteiger partial charge in [-0.15, -0.1) is 0 Å². The Balaban J connectivity index is 1.76. The van der Waals surface area contributed by atoms with Crippen LogP contribution in [0.15, 0.2) is 42.6 Å². The first kappa shape index (κ1) is 16.5. The zero-order valence-electron chi connectivity index (χ0n) is 12.9. The number of fused-ring (bicyclic) bond motifs is 1. The van der Waals surface area contributed by atoms with E-state index in [2.05, 4.69) is 4.37 Å². The van der Waals surface area contributed by atoms with Gasteiger partial charge < -0.3 is 10.6 Å². The molecule has 0 aliphatic rings. The fraction of sp³-hybridized carbons (Fsp3) is 0.176. The molecular formula is C17H15F2N3OS. The highest BCUT2D eigenvalue weighted by molar-refractivity contribution is 7.13. The molecule has 1 unspecified atom stereocenters. The van der Waals surface area contributed by atoms with E-state index in [0.29, 0.717) is 11.3 Å². The molecule has 3 rings (SSSR count). The van der Waals surface area contributed by atoms with E-state index in [0.717, 1.165) is 16.2 Å². The topological polar surface area (TPSA) is 59.2 Å². The molecule has 0 saturated carbocycles. The molecule has 0 bridgehead atoms. The summed E-state index contributed by atoms with van der Waals surface area (Å²) < 4.78 is 31.6. The second kappa shape index (κ2) is 6.62. The van der Waals surface area contributed by atoms with Gasteiger partial charge in [0, 0.05) is 30.4 Å². The standard InChI is InChI=1S/C17H15F2N3OS/c1-22(14-2-3-16-11(7-14)9-21-24-16)17(23)15(20)6-10-4-12(18)8-13(19)5-10/h2-5,7-9,15H,6,20H2,1H3. The Labute approximate surface area is 141 Å². The lowest BCUT2D eigenvalue weighted by Gasteiger charge is -2.21. The van der Waals surface area contributed by atoms with E-state index in [4.69, 9.17) is 5.73 Å². The minimum atomic E-state index is -0.896. The van der Waals surface area contributed by atoms with Crippen molar-refractivity contribution in [2.45, 2.75) is 12.5 Å². The molecule has 1 atom stereocenters. The third-order valence-electron chi connectivity index (χ3n) is 3.75. The fourth-order valence-electron chi connectivity index (χ4n) is 2.51.